The van der Waals surface area contributed by atoms with E-state index in [-0.39, 0.29) is 24.4 Å². The number of aromatic nitrogens is 1. The number of rotatable bonds is 2. The summed E-state index contributed by atoms with van der Waals surface area (Å²) in [5.41, 5.74) is 6.99. The zero-order valence-corrected chi connectivity index (χ0v) is 15.4. The van der Waals surface area contributed by atoms with Gasteiger partial charge >= 0.3 is 0 Å². The fraction of sp³-hybridized carbons (Fsp3) is 0.294. The molecule has 1 amide bonds. The van der Waals surface area contributed by atoms with E-state index in [4.69, 9.17) is 5.73 Å². The minimum absolute atomic E-state index is 0. The van der Waals surface area contributed by atoms with Gasteiger partial charge in [-0.05, 0) is 37.1 Å². The number of likely N-dealkylation sites (tertiary alicyclic amines) is 1. The van der Waals surface area contributed by atoms with E-state index < -0.39 is 0 Å². The molecule has 126 valence electrons. The molecule has 2 N–H and O–H groups in total. The van der Waals surface area contributed by atoms with Crippen LogP contribution >= 0.6 is 35.1 Å². The predicted molar refractivity (Wildman–Crippen MR) is 103 cm³/mol. The second-order valence-corrected chi connectivity index (χ2v) is 7.92. The van der Waals surface area contributed by atoms with Crippen molar-refractivity contribution in [1.82, 2.24) is 9.88 Å². The molecular weight excluding hydrogens is 362 g/mol. The SMILES string of the molecule is Cl.NC1CCCN(C(=O)c2ccc(-c3nc4ccccc4s3)s2)C1. The van der Waals surface area contributed by atoms with E-state index in [0.717, 1.165) is 39.7 Å². The molecule has 3 aromatic rings. The summed E-state index contributed by atoms with van der Waals surface area (Å²) in [6, 6.07) is 12.1. The lowest BCUT2D eigenvalue weighted by molar-refractivity contribution is 0.0714. The molecule has 1 aliphatic heterocycles. The fourth-order valence-corrected chi connectivity index (χ4v) is 4.89. The summed E-state index contributed by atoms with van der Waals surface area (Å²) in [4.78, 5) is 21.0. The molecule has 24 heavy (non-hydrogen) atoms. The highest BCUT2D eigenvalue weighted by atomic mass is 35.5. The maximum absolute atomic E-state index is 12.6. The summed E-state index contributed by atoms with van der Waals surface area (Å²) in [6.07, 6.45) is 1.99. The Kier molecular flexibility index (Phi) is 5.20. The van der Waals surface area contributed by atoms with Crippen LogP contribution in [0.5, 0.6) is 0 Å². The van der Waals surface area contributed by atoms with Crippen molar-refractivity contribution < 1.29 is 4.79 Å². The van der Waals surface area contributed by atoms with Crippen molar-refractivity contribution in [2.24, 2.45) is 5.73 Å². The third kappa shape index (κ3) is 3.32. The third-order valence-electron chi connectivity index (χ3n) is 4.07. The molecule has 4 nitrogen and oxygen atoms in total. The number of fused-ring (bicyclic) bond motifs is 1. The normalized spacial score (nSPS) is 17.7. The molecular formula is C17H18ClN3OS2. The quantitative estimate of drug-likeness (QED) is 0.731. The number of carbonyl (C=O) groups is 1. The third-order valence-corrected chi connectivity index (χ3v) is 6.35. The largest absolute Gasteiger partial charge is 0.336 e. The highest BCUT2D eigenvalue weighted by Gasteiger charge is 2.23. The van der Waals surface area contributed by atoms with Gasteiger partial charge in [0.05, 0.1) is 20.0 Å². The zero-order chi connectivity index (χ0) is 15.8. The number of hydrogen-bond acceptors (Lipinski definition) is 5. The first kappa shape index (κ1) is 17.4. The first-order valence-electron chi connectivity index (χ1n) is 7.71. The second kappa shape index (κ2) is 7.19. The molecule has 0 saturated carbocycles. The van der Waals surface area contributed by atoms with Crippen molar-refractivity contribution in [3.05, 3.63) is 41.3 Å². The number of hydrogen-bond donors (Lipinski definition) is 1. The molecule has 2 aromatic heterocycles. The molecule has 1 aliphatic rings. The van der Waals surface area contributed by atoms with Crippen LogP contribution in [0.4, 0.5) is 0 Å². The number of para-hydroxylation sites is 1. The van der Waals surface area contributed by atoms with Crippen LogP contribution < -0.4 is 5.73 Å². The Morgan fingerprint density at radius 2 is 2.04 bits per heavy atom. The van der Waals surface area contributed by atoms with Gasteiger partial charge in [0, 0.05) is 19.1 Å². The molecule has 1 atom stereocenters. The molecule has 1 unspecified atom stereocenters. The Balaban J connectivity index is 0.00000169. The van der Waals surface area contributed by atoms with Crippen molar-refractivity contribution in [2.75, 3.05) is 13.1 Å². The topological polar surface area (TPSA) is 59.2 Å². The molecule has 1 fully saturated rings. The summed E-state index contributed by atoms with van der Waals surface area (Å²) in [6.45, 7) is 1.47. The molecule has 0 bridgehead atoms. The Labute approximate surface area is 154 Å². The zero-order valence-electron chi connectivity index (χ0n) is 13.0. The van der Waals surface area contributed by atoms with Crippen LogP contribution in [-0.2, 0) is 0 Å². The molecule has 7 heteroatoms. The van der Waals surface area contributed by atoms with E-state index in [0.29, 0.717) is 6.54 Å². The Morgan fingerprint density at radius 1 is 1.21 bits per heavy atom. The molecule has 1 aromatic carbocycles. The number of thiophene rings is 1. The molecule has 3 heterocycles. The van der Waals surface area contributed by atoms with Crippen LogP contribution in [0.25, 0.3) is 20.1 Å². The van der Waals surface area contributed by atoms with Gasteiger partial charge in [0.25, 0.3) is 5.91 Å². The van der Waals surface area contributed by atoms with Gasteiger partial charge in [-0.3, -0.25) is 4.79 Å². The Bertz CT molecular complexity index is 827. The monoisotopic (exact) mass is 379 g/mol. The standard InChI is InChI=1S/C17H17N3OS2.ClH/c18-11-4-3-9-20(10-11)17(21)15-8-7-14(22-15)16-19-12-5-1-2-6-13(12)23-16;/h1-2,5-8,11H,3-4,9-10,18H2;1H. The number of nitrogens with two attached hydrogens (primary N) is 1. The maximum atomic E-state index is 12.6. The van der Waals surface area contributed by atoms with E-state index in [1.165, 1.54) is 16.0 Å². The predicted octanol–water partition coefficient (Wildman–Crippen LogP) is 4.01. The van der Waals surface area contributed by atoms with Crippen molar-refractivity contribution in [3.63, 3.8) is 0 Å². The van der Waals surface area contributed by atoms with E-state index in [2.05, 4.69) is 11.1 Å². The average molecular weight is 380 g/mol. The molecule has 4 rings (SSSR count). The molecule has 1 saturated heterocycles. The number of nitrogens with zero attached hydrogens (tertiary/aromatic N) is 2. The summed E-state index contributed by atoms with van der Waals surface area (Å²) < 4.78 is 1.17. The lowest BCUT2D eigenvalue weighted by Gasteiger charge is -2.30. The van der Waals surface area contributed by atoms with Crippen molar-refractivity contribution in [1.29, 1.82) is 0 Å². The second-order valence-electron chi connectivity index (χ2n) is 5.80. The van der Waals surface area contributed by atoms with Gasteiger partial charge in [-0.25, -0.2) is 4.98 Å². The van der Waals surface area contributed by atoms with Gasteiger partial charge < -0.3 is 10.6 Å². The van der Waals surface area contributed by atoms with Crippen molar-refractivity contribution in [2.45, 2.75) is 18.9 Å². The smallest absolute Gasteiger partial charge is 0.263 e. The number of carbonyl (C=O) groups excluding carboxylic acids is 1. The van der Waals surface area contributed by atoms with Crippen LogP contribution in [0.15, 0.2) is 36.4 Å². The van der Waals surface area contributed by atoms with E-state index in [1.807, 2.05) is 35.2 Å². The van der Waals surface area contributed by atoms with Gasteiger partial charge in [-0.1, -0.05) is 12.1 Å². The van der Waals surface area contributed by atoms with Gasteiger partial charge in [0.1, 0.15) is 5.01 Å². The number of amides is 1. The number of halogens is 1. The molecule has 0 spiro atoms. The average Bonchev–Trinajstić information content (AvgIpc) is 3.20. The van der Waals surface area contributed by atoms with Crippen molar-refractivity contribution >= 4 is 51.2 Å². The highest BCUT2D eigenvalue weighted by molar-refractivity contribution is 7.26. The first-order valence-corrected chi connectivity index (χ1v) is 9.34. The molecule has 0 aliphatic carbocycles. The Hall–Kier alpha value is -1.47. The van der Waals surface area contributed by atoms with E-state index >= 15 is 0 Å². The van der Waals surface area contributed by atoms with Gasteiger partial charge in [0.2, 0.25) is 0 Å². The van der Waals surface area contributed by atoms with Crippen molar-refractivity contribution in [3.8, 4) is 9.88 Å². The van der Waals surface area contributed by atoms with Crippen LogP contribution in [-0.4, -0.2) is 34.9 Å². The number of thiazole rings is 1. The van der Waals surface area contributed by atoms with Crippen LogP contribution in [0.3, 0.4) is 0 Å². The summed E-state index contributed by atoms with van der Waals surface area (Å²) >= 11 is 3.19. The minimum atomic E-state index is 0. The summed E-state index contributed by atoms with van der Waals surface area (Å²) in [7, 11) is 0. The summed E-state index contributed by atoms with van der Waals surface area (Å²) in [5.74, 6) is 0.0949. The lowest BCUT2D eigenvalue weighted by Crippen LogP contribution is -2.45. The Morgan fingerprint density at radius 3 is 2.83 bits per heavy atom. The van der Waals surface area contributed by atoms with Gasteiger partial charge in [-0.15, -0.1) is 35.1 Å². The van der Waals surface area contributed by atoms with E-state index in [1.54, 1.807) is 11.3 Å². The number of benzene rings is 1. The summed E-state index contributed by atoms with van der Waals surface area (Å²) in [5, 5.41) is 0.977. The minimum Gasteiger partial charge on any atom is -0.336 e. The van der Waals surface area contributed by atoms with Gasteiger partial charge in [0.15, 0.2) is 0 Å². The maximum Gasteiger partial charge on any atom is 0.263 e. The van der Waals surface area contributed by atoms with Gasteiger partial charge in [-0.2, -0.15) is 0 Å². The highest BCUT2D eigenvalue weighted by Crippen LogP contribution is 2.34. The van der Waals surface area contributed by atoms with Crippen LogP contribution in [0.2, 0.25) is 0 Å². The first-order chi connectivity index (χ1) is 11.2. The lowest BCUT2D eigenvalue weighted by atomic mass is 10.1. The fourth-order valence-electron chi connectivity index (χ4n) is 2.90. The van der Waals surface area contributed by atoms with Crippen LogP contribution in [0, 0.1) is 0 Å². The number of piperidine rings is 1. The molecule has 0 radical (unpaired) electrons. The van der Waals surface area contributed by atoms with E-state index in [9.17, 15) is 4.79 Å². The van der Waals surface area contributed by atoms with Crippen LogP contribution in [0.1, 0.15) is 22.5 Å².